The van der Waals surface area contributed by atoms with Crippen LogP contribution in [0.2, 0.25) is 0 Å². The largest absolute Gasteiger partial charge is 0.341 e. The van der Waals surface area contributed by atoms with Gasteiger partial charge in [0.2, 0.25) is 5.91 Å². The molecule has 0 radical (unpaired) electrons. The lowest BCUT2D eigenvalue weighted by atomic mass is 9.93. The van der Waals surface area contributed by atoms with Crippen molar-refractivity contribution in [1.82, 2.24) is 4.90 Å². The average Bonchev–Trinajstić information content (AvgIpc) is 2.42. The molecular weight excluding hydrogens is 270 g/mol. The van der Waals surface area contributed by atoms with E-state index in [4.69, 9.17) is 11.6 Å². The fourth-order valence-corrected chi connectivity index (χ4v) is 3.35. The second-order valence-corrected chi connectivity index (χ2v) is 6.53. The zero-order chi connectivity index (χ0) is 14.7. The lowest BCUT2D eigenvalue weighted by Gasteiger charge is -2.35. The van der Waals surface area contributed by atoms with Crippen LogP contribution in [0.25, 0.3) is 0 Å². The Morgan fingerprint density at radius 2 is 1.95 bits per heavy atom. The van der Waals surface area contributed by atoms with E-state index in [1.807, 2.05) is 18.0 Å². The molecule has 0 bridgehead atoms. The van der Waals surface area contributed by atoms with E-state index in [2.05, 4.69) is 26.0 Å². The van der Waals surface area contributed by atoms with Crippen molar-refractivity contribution in [3.63, 3.8) is 0 Å². The van der Waals surface area contributed by atoms with Gasteiger partial charge in [0.15, 0.2) is 0 Å². The van der Waals surface area contributed by atoms with Gasteiger partial charge in [-0.05, 0) is 43.4 Å². The summed E-state index contributed by atoms with van der Waals surface area (Å²) in [5.74, 6) is 0.172. The van der Waals surface area contributed by atoms with Crippen LogP contribution in [0, 0.1) is 13.8 Å². The van der Waals surface area contributed by atoms with Gasteiger partial charge in [-0.25, -0.2) is 0 Å². The Morgan fingerprint density at radius 1 is 1.25 bits per heavy atom. The summed E-state index contributed by atoms with van der Waals surface area (Å²) >= 11 is 6.38. The number of alkyl halides is 1. The average molecular weight is 294 g/mol. The van der Waals surface area contributed by atoms with Crippen molar-refractivity contribution in [3.05, 3.63) is 34.9 Å². The van der Waals surface area contributed by atoms with Gasteiger partial charge in [-0.2, -0.15) is 0 Å². The van der Waals surface area contributed by atoms with Gasteiger partial charge in [0.05, 0.1) is 11.8 Å². The van der Waals surface area contributed by atoms with E-state index < -0.39 is 0 Å². The summed E-state index contributed by atoms with van der Waals surface area (Å²) in [6.45, 7) is 4.18. The van der Waals surface area contributed by atoms with Gasteiger partial charge in [0, 0.05) is 13.1 Å². The lowest BCUT2D eigenvalue weighted by Crippen LogP contribution is -2.44. The number of carbonyl (C=O) groups is 1. The molecule has 1 amide bonds. The summed E-state index contributed by atoms with van der Waals surface area (Å²) in [5, 5.41) is 0.109. The van der Waals surface area contributed by atoms with Crippen molar-refractivity contribution in [2.24, 2.45) is 0 Å². The fraction of sp³-hybridized carbons (Fsp3) is 0.588. The third-order valence-electron chi connectivity index (χ3n) is 4.46. The topological polar surface area (TPSA) is 20.3 Å². The minimum Gasteiger partial charge on any atom is -0.341 e. The maximum atomic E-state index is 12.4. The van der Waals surface area contributed by atoms with Gasteiger partial charge in [-0.3, -0.25) is 4.79 Å². The van der Waals surface area contributed by atoms with Crippen LogP contribution in [-0.4, -0.2) is 29.3 Å². The highest BCUT2D eigenvalue weighted by molar-refractivity contribution is 6.21. The van der Waals surface area contributed by atoms with E-state index in [1.165, 1.54) is 24.0 Å². The van der Waals surface area contributed by atoms with E-state index in [-0.39, 0.29) is 17.3 Å². The molecule has 1 aromatic rings. The molecule has 0 spiro atoms. The first-order chi connectivity index (χ1) is 9.49. The standard InChI is InChI=1S/C17H24ClNO/c1-12-8-9-14(10-13(12)2)11-17(20)19(3)16-7-5-4-6-15(16)18/h8-10,15-16H,4-7,11H2,1-3H3. The van der Waals surface area contributed by atoms with Gasteiger partial charge in [-0.1, -0.05) is 31.0 Å². The number of hydrogen-bond donors (Lipinski definition) is 0. The number of benzene rings is 1. The summed E-state index contributed by atoms with van der Waals surface area (Å²) in [6.07, 6.45) is 4.88. The smallest absolute Gasteiger partial charge is 0.227 e. The third kappa shape index (κ3) is 3.54. The summed E-state index contributed by atoms with van der Waals surface area (Å²) < 4.78 is 0. The maximum Gasteiger partial charge on any atom is 0.227 e. The Morgan fingerprint density at radius 3 is 2.60 bits per heavy atom. The molecule has 2 rings (SSSR count). The van der Waals surface area contributed by atoms with Gasteiger partial charge in [0.1, 0.15) is 0 Å². The number of amides is 1. The van der Waals surface area contributed by atoms with E-state index in [1.54, 1.807) is 0 Å². The Labute approximate surface area is 127 Å². The van der Waals surface area contributed by atoms with Crippen LogP contribution in [0.3, 0.4) is 0 Å². The number of hydrogen-bond acceptors (Lipinski definition) is 1. The van der Waals surface area contributed by atoms with Crippen LogP contribution < -0.4 is 0 Å². The molecule has 0 saturated heterocycles. The molecular formula is C17H24ClNO. The van der Waals surface area contributed by atoms with Crippen molar-refractivity contribution in [2.45, 2.75) is 57.4 Å². The molecule has 0 N–H and O–H groups in total. The highest BCUT2D eigenvalue weighted by atomic mass is 35.5. The van der Waals surface area contributed by atoms with Crippen LogP contribution in [0.15, 0.2) is 18.2 Å². The van der Waals surface area contributed by atoms with Gasteiger partial charge < -0.3 is 4.90 Å². The van der Waals surface area contributed by atoms with E-state index >= 15 is 0 Å². The molecule has 2 nitrogen and oxygen atoms in total. The molecule has 0 aromatic heterocycles. The first-order valence-corrected chi connectivity index (χ1v) is 7.88. The molecule has 2 unspecified atom stereocenters. The summed E-state index contributed by atoms with van der Waals surface area (Å²) in [6, 6.07) is 6.44. The van der Waals surface area contributed by atoms with E-state index in [0.29, 0.717) is 6.42 Å². The molecule has 2 atom stereocenters. The Kier molecular flexibility index (Phi) is 5.09. The SMILES string of the molecule is Cc1ccc(CC(=O)N(C)C2CCCCC2Cl)cc1C. The quantitative estimate of drug-likeness (QED) is 0.775. The second-order valence-electron chi connectivity index (χ2n) is 5.97. The molecule has 1 aromatic carbocycles. The minimum absolute atomic E-state index is 0.109. The first-order valence-electron chi connectivity index (χ1n) is 7.45. The molecule has 1 saturated carbocycles. The highest BCUT2D eigenvalue weighted by Gasteiger charge is 2.29. The number of likely N-dealkylation sites (N-methyl/N-ethyl adjacent to an activating group) is 1. The number of nitrogens with zero attached hydrogens (tertiary/aromatic N) is 1. The molecule has 3 heteroatoms. The molecule has 110 valence electrons. The molecule has 1 aliphatic rings. The normalized spacial score (nSPS) is 22.6. The van der Waals surface area contributed by atoms with Crippen molar-refractivity contribution in [1.29, 1.82) is 0 Å². The molecule has 1 aliphatic carbocycles. The Balaban J connectivity index is 2.01. The third-order valence-corrected chi connectivity index (χ3v) is 4.97. The van der Waals surface area contributed by atoms with Crippen molar-refractivity contribution in [2.75, 3.05) is 7.05 Å². The zero-order valence-corrected chi connectivity index (χ0v) is 13.4. The van der Waals surface area contributed by atoms with E-state index in [9.17, 15) is 4.79 Å². The number of aryl methyl sites for hydroxylation is 2. The van der Waals surface area contributed by atoms with Gasteiger partial charge >= 0.3 is 0 Å². The Hall–Kier alpha value is -1.02. The predicted molar refractivity (Wildman–Crippen MR) is 84.3 cm³/mol. The monoisotopic (exact) mass is 293 g/mol. The fourth-order valence-electron chi connectivity index (χ4n) is 2.90. The zero-order valence-electron chi connectivity index (χ0n) is 12.7. The maximum absolute atomic E-state index is 12.4. The van der Waals surface area contributed by atoms with E-state index in [0.717, 1.165) is 18.4 Å². The van der Waals surface area contributed by atoms with Gasteiger partial charge in [-0.15, -0.1) is 11.6 Å². The van der Waals surface area contributed by atoms with Crippen LogP contribution in [0.1, 0.15) is 42.4 Å². The van der Waals surface area contributed by atoms with Crippen LogP contribution >= 0.6 is 11.6 Å². The molecule has 20 heavy (non-hydrogen) atoms. The highest BCUT2D eigenvalue weighted by Crippen LogP contribution is 2.27. The Bertz CT molecular complexity index is 486. The lowest BCUT2D eigenvalue weighted by molar-refractivity contribution is -0.131. The number of carbonyl (C=O) groups excluding carboxylic acids is 1. The summed E-state index contributed by atoms with van der Waals surface area (Å²) in [7, 11) is 1.90. The minimum atomic E-state index is 0.109. The van der Waals surface area contributed by atoms with Gasteiger partial charge in [0.25, 0.3) is 0 Å². The van der Waals surface area contributed by atoms with Crippen LogP contribution in [0.5, 0.6) is 0 Å². The first kappa shape index (κ1) is 15.4. The van der Waals surface area contributed by atoms with Crippen molar-refractivity contribution < 1.29 is 4.79 Å². The molecule has 0 heterocycles. The molecule has 0 aliphatic heterocycles. The summed E-state index contributed by atoms with van der Waals surface area (Å²) in [5.41, 5.74) is 3.60. The van der Waals surface area contributed by atoms with Crippen molar-refractivity contribution in [3.8, 4) is 0 Å². The number of rotatable bonds is 3. The molecule has 1 fully saturated rings. The second kappa shape index (κ2) is 6.62. The van der Waals surface area contributed by atoms with Crippen molar-refractivity contribution >= 4 is 17.5 Å². The predicted octanol–water partition coefficient (Wildman–Crippen LogP) is 3.85. The van der Waals surface area contributed by atoms with Crippen LogP contribution in [0.4, 0.5) is 0 Å². The summed E-state index contributed by atoms with van der Waals surface area (Å²) in [4.78, 5) is 14.3. The van der Waals surface area contributed by atoms with Crippen LogP contribution in [-0.2, 0) is 11.2 Å². The number of halogens is 1.